The molecule has 136 valence electrons. The van der Waals surface area contributed by atoms with Gasteiger partial charge in [0.25, 0.3) is 0 Å². The third-order valence-electron chi connectivity index (χ3n) is 4.73. The van der Waals surface area contributed by atoms with Gasteiger partial charge in [0, 0.05) is 6.42 Å². The summed E-state index contributed by atoms with van der Waals surface area (Å²) < 4.78 is 0. The van der Waals surface area contributed by atoms with E-state index in [-0.39, 0.29) is 5.78 Å². The zero-order valence-corrected chi connectivity index (χ0v) is 16.1. The third kappa shape index (κ3) is 17.6. The predicted octanol–water partition coefficient (Wildman–Crippen LogP) is 7.78. The minimum atomic E-state index is 0.246. The molecule has 0 aliphatic carbocycles. The summed E-state index contributed by atoms with van der Waals surface area (Å²) in [6.45, 7) is 7.79. The Morgan fingerprint density at radius 1 is 0.609 bits per heavy atom. The second-order valence-corrected chi connectivity index (χ2v) is 7.26. The van der Waals surface area contributed by atoms with Crippen LogP contribution in [0.25, 0.3) is 0 Å². The van der Waals surface area contributed by atoms with E-state index in [0.717, 1.165) is 6.42 Å². The lowest BCUT2D eigenvalue weighted by Crippen LogP contribution is -1.97. The lowest BCUT2D eigenvalue weighted by molar-refractivity contribution is -0.115. The van der Waals surface area contributed by atoms with Crippen molar-refractivity contribution in [1.82, 2.24) is 0 Å². The molecule has 0 aliphatic rings. The molecule has 0 aromatic carbocycles. The first-order valence-corrected chi connectivity index (χ1v) is 10.4. The number of hydrogen-bond acceptors (Lipinski definition) is 1. The van der Waals surface area contributed by atoms with Crippen LogP contribution in [0.2, 0.25) is 0 Å². The van der Waals surface area contributed by atoms with Crippen molar-refractivity contribution in [2.75, 3.05) is 0 Å². The summed E-state index contributed by atoms with van der Waals surface area (Å²) in [5.74, 6) is 0.246. The van der Waals surface area contributed by atoms with E-state index < -0.39 is 0 Å². The molecule has 0 atom stereocenters. The molecule has 1 nitrogen and oxygen atoms in total. The van der Waals surface area contributed by atoms with Gasteiger partial charge in [0.2, 0.25) is 0 Å². The summed E-state index contributed by atoms with van der Waals surface area (Å²) in [5.41, 5.74) is 0.714. The van der Waals surface area contributed by atoms with Crippen molar-refractivity contribution in [3.8, 4) is 0 Å². The molecule has 0 N–H and O–H groups in total. The average Bonchev–Trinajstić information content (AvgIpc) is 2.54. The number of allylic oxidation sites excluding steroid dienone is 1. The van der Waals surface area contributed by atoms with Crippen molar-refractivity contribution >= 4 is 5.78 Å². The molecule has 23 heavy (non-hydrogen) atoms. The second kappa shape index (κ2) is 17.8. The number of carbonyl (C=O) groups excluding carboxylic acids is 1. The standard InChI is InChI=1S/C22H42O/c1-4-5-6-7-8-9-10-11-12-13-14-15-16-17-18-19-20-22(23)21(2)3/h2,4-20H2,1,3H3. The fourth-order valence-electron chi connectivity index (χ4n) is 3.05. The van der Waals surface area contributed by atoms with Crippen LogP contribution < -0.4 is 0 Å². The molecule has 0 aromatic rings. The number of carbonyl (C=O) groups is 1. The molecule has 0 aliphatic heterocycles. The molecule has 0 bridgehead atoms. The van der Waals surface area contributed by atoms with Crippen LogP contribution >= 0.6 is 0 Å². The van der Waals surface area contributed by atoms with Crippen LogP contribution in [0.1, 0.15) is 123 Å². The van der Waals surface area contributed by atoms with Gasteiger partial charge >= 0.3 is 0 Å². The number of hydrogen-bond donors (Lipinski definition) is 0. The fraction of sp³-hybridized carbons (Fsp3) is 0.864. The predicted molar refractivity (Wildman–Crippen MR) is 104 cm³/mol. The Labute approximate surface area is 146 Å². The monoisotopic (exact) mass is 322 g/mol. The Morgan fingerprint density at radius 3 is 1.22 bits per heavy atom. The van der Waals surface area contributed by atoms with Gasteiger partial charge in [0.15, 0.2) is 5.78 Å². The highest BCUT2D eigenvalue weighted by Crippen LogP contribution is 2.14. The average molecular weight is 323 g/mol. The van der Waals surface area contributed by atoms with E-state index in [2.05, 4.69) is 13.5 Å². The maximum atomic E-state index is 11.4. The first-order valence-electron chi connectivity index (χ1n) is 10.4. The normalized spacial score (nSPS) is 10.9. The van der Waals surface area contributed by atoms with Crippen LogP contribution in [0.15, 0.2) is 12.2 Å². The van der Waals surface area contributed by atoms with Gasteiger partial charge in [-0.2, -0.15) is 0 Å². The van der Waals surface area contributed by atoms with Gasteiger partial charge in [-0.25, -0.2) is 0 Å². The van der Waals surface area contributed by atoms with E-state index in [9.17, 15) is 4.79 Å². The summed E-state index contributed by atoms with van der Waals surface area (Å²) in [7, 11) is 0. The van der Waals surface area contributed by atoms with Gasteiger partial charge in [-0.3, -0.25) is 4.79 Å². The summed E-state index contributed by atoms with van der Waals surface area (Å²) in [6.07, 6.45) is 22.7. The summed E-state index contributed by atoms with van der Waals surface area (Å²) in [4.78, 5) is 11.4. The Kier molecular flexibility index (Phi) is 17.3. The SMILES string of the molecule is C=C(C)C(=O)CCCCCCCCCCCCCCCCCC. The first kappa shape index (κ1) is 22.4. The van der Waals surface area contributed by atoms with E-state index in [1.165, 1.54) is 96.3 Å². The molecule has 1 heteroatoms. The number of ketones is 1. The molecule has 0 amide bonds. The minimum Gasteiger partial charge on any atom is -0.295 e. The molecule has 0 fully saturated rings. The van der Waals surface area contributed by atoms with Crippen LogP contribution in [-0.2, 0) is 4.79 Å². The Bertz CT molecular complexity index is 280. The van der Waals surface area contributed by atoms with Crippen molar-refractivity contribution in [3.63, 3.8) is 0 Å². The molecule has 0 radical (unpaired) electrons. The second-order valence-electron chi connectivity index (χ2n) is 7.26. The highest BCUT2D eigenvalue weighted by Gasteiger charge is 2.01. The van der Waals surface area contributed by atoms with E-state index in [1.54, 1.807) is 0 Å². The van der Waals surface area contributed by atoms with Crippen molar-refractivity contribution in [2.45, 2.75) is 123 Å². The summed E-state index contributed by atoms with van der Waals surface area (Å²) in [6, 6.07) is 0. The van der Waals surface area contributed by atoms with E-state index in [0.29, 0.717) is 12.0 Å². The first-order chi connectivity index (χ1) is 11.2. The van der Waals surface area contributed by atoms with Gasteiger partial charge in [0.1, 0.15) is 0 Å². The largest absolute Gasteiger partial charge is 0.295 e. The molecule has 0 saturated carbocycles. The lowest BCUT2D eigenvalue weighted by Gasteiger charge is -2.03. The zero-order chi connectivity index (χ0) is 17.2. The van der Waals surface area contributed by atoms with Crippen molar-refractivity contribution in [2.24, 2.45) is 0 Å². The maximum absolute atomic E-state index is 11.4. The van der Waals surface area contributed by atoms with Crippen LogP contribution in [0.3, 0.4) is 0 Å². The number of Topliss-reactive ketones (excluding diaryl/α,β-unsaturated/α-hetero) is 1. The van der Waals surface area contributed by atoms with Gasteiger partial charge in [-0.15, -0.1) is 0 Å². The Hall–Kier alpha value is -0.590. The van der Waals surface area contributed by atoms with Gasteiger partial charge in [-0.1, -0.05) is 110 Å². The van der Waals surface area contributed by atoms with Crippen LogP contribution in [0, 0.1) is 0 Å². The Morgan fingerprint density at radius 2 is 0.913 bits per heavy atom. The Balaban J connectivity index is 3.05. The number of unbranched alkanes of at least 4 members (excludes halogenated alkanes) is 15. The zero-order valence-electron chi connectivity index (χ0n) is 16.1. The van der Waals surface area contributed by atoms with Crippen LogP contribution in [0.4, 0.5) is 0 Å². The van der Waals surface area contributed by atoms with Crippen molar-refractivity contribution < 1.29 is 4.79 Å². The minimum absolute atomic E-state index is 0.246. The molecular weight excluding hydrogens is 280 g/mol. The highest BCUT2D eigenvalue weighted by molar-refractivity contribution is 5.93. The van der Waals surface area contributed by atoms with Gasteiger partial charge in [0.05, 0.1) is 0 Å². The molecule has 0 rings (SSSR count). The van der Waals surface area contributed by atoms with E-state index >= 15 is 0 Å². The molecular formula is C22H42O. The van der Waals surface area contributed by atoms with Crippen molar-refractivity contribution in [3.05, 3.63) is 12.2 Å². The summed E-state index contributed by atoms with van der Waals surface area (Å²) >= 11 is 0. The van der Waals surface area contributed by atoms with Crippen LogP contribution in [-0.4, -0.2) is 5.78 Å². The fourth-order valence-corrected chi connectivity index (χ4v) is 3.05. The van der Waals surface area contributed by atoms with Gasteiger partial charge < -0.3 is 0 Å². The van der Waals surface area contributed by atoms with E-state index in [4.69, 9.17) is 0 Å². The van der Waals surface area contributed by atoms with Crippen LogP contribution in [0.5, 0.6) is 0 Å². The summed E-state index contributed by atoms with van der Waals surface area (Å²) in [5, 5.41) is 0. The lowest BCUT2D eigenvalue weighted by atomic mass is 10.0. The van der Waals surface area contributed by atoms with E-state index in [1.807, 2.05) is 6.92 Å². The van der Waals surface area contributed by atoms with Crippen molar-refractivity contribution in [1.29, 1.82) is 0 Å². The highest BCUT2D eigenvalue weighted by atomic mass is 16.1. The smallest absolute Gasteiger partial charge is 0.157 e. The molecule has 0 spiro atoms. The maximum Gasteiger partial charge on any atom is 0.157 e. The van der Waals surface area contributed by atoms with Gasteiger partial charge in [-0.05, 0) is 18.9 Å². The molecule has 0 unspecified atom stereocenters. The quantitative estimate of drug-likeness (QED) is 0.186. The molecule has 0 saturated heterocycles. The number of rotatable bonds is 18. The topological polar surface area (TPSA) is 17.1 Å². The molecule has 0 aromatic heterocycles. The molecule has 0 heterocycles. The third-order valence-corrected chi connectivity index (χ3v) is 4.73.